The highest BCUT2D eigenvalue weighted by atomic mass is 35.5. The van der Waals surface area contributed by atoms with Crippen LogP contribution in [0.25, 0.3) is 11.0 Å². The molecule has 1 heterocycles. The van der Waals surface area contributed by atoms with Gasteiger partial charge in [-0.15, -0.1) is 0 Å². The van der Waals surface area contributed by atoms with E-state index in [1.165, 1.54) is 0 Å². The first kappa shape index (κ1) is 12.0. The van der Waals surface area contributed by atoms with Crippen LogP contribution in [0.5, 0.6) is 0 Å². The number of hydrogen-bond donors (Lipinski definition) is 0. The normalized spacial score (nSPS) is 11.8. The molecule has 0 radical (unpaired) electrons. The number of benzene rings is 1. The molecule has 0 saturated heterocycles. The van der Waals surface area contributed by atoms with Gasteiger partial charge in [-0.3, -0.25) is 0 Å². The lowest BCUT2D eigenvalue weighted by Crippen LogP contribution is -2.23. The molecule has 2 rings (SSSR count). The van der Waals surface area contributed by atoms with Crippen molar-refractivity contribution < 1.29 is 13.9 Å². The Bertz CT molecular complexity index is 564. The molecule has 17 heavy (non-hydrogen) atoms. The number of halogens is 1. The van der Waals surface area contributed by atoms with Gasteiger partial charge in [0.2, 0.25) is 5.76 Å². The van der Waals surface area contributed by atoms with Crippen LogP contribution in [0.2, 0.25) is 5.02 Å². The second-order valence-corrected chi connectivity index (χ2v) is 5.23. The molecule has 0 aliphatic carbocycles. The molecular formula is C13H13ClO3. The number of ether oxygens (including phenoxy) is 1. The van der Waals surface area contributed by atoms with E-state index in [1.54, 1.807) is 24.3 Å². The zero-order chi connectivity index (χ0) is 12.6. The van der Waals surface area contributed by atoms with Gasteiger partial charge in [0.15, 0.2) is 0 Å². The summed E-state index contributed by atoms with van der Waals surface area (Å²) in [6.07, 6.45) is 0. The molecule has 2 aromatic rings. The smallest absolute Gasteiger partial charge is 0.374 e. The van der Waals surface area contributed by atoms with Crippen molar-refractivity contribution in [2.24, 2.45) is 0 Å². The Kier molecular flexibility index (Phi) is 2.87. The number of carbonyl (C=O) groups is 1. The molecule has 0 fully saturated rings. The van der Waals surface area contributed by atoms with E-state index in [0.29, 0.717) is 10.6 Å². The molecule has 1 aromatic carbocycles. The Morgan fingerprint density at radius 2 is 2.00 bits per heavy atom. The molecule has 0 N–H and O–H groups in total. The maximum atomic E-state index is 11.8. The summed E-state index contributed by atoms with van der Waals surface area (Å²) >= 11 is 5.86. The summed E-state index contributed by atoms with van der Waals surface area (Å²) in [6, 6.07) is 6.82. The fourth-order valence-electron chi connectivity index (χ4n) is 1.44. The van der Waals surface area contributed by atoms with Gasteiger partial charge in [-0.2, -0.15) is 0 Å². The van der Waals surface area contributed by atoms with Crippen molar-refractivity contribution in [2.75, 3.05) is 0 Å². The van der Waals surface area contributed by atoms with E-state index in [4.69, 9.17) is 20.8 Å². The molecule has 0 spiro atoms. The Labute approximate surface area is 104 Å². The molecule has 0 aliphatic rings. The Hall–Kier alpha value is -1.48. The lowest BCUT2D eigenvalue weighted by atomic mass is 10.2. The summed E-state index contributed by atoms with van der Waals surface area (Å²) < 4.78 is 10.6. The van der Waals surface area contributed by atoms with Crippen LogP contribution in [0.3, 0.4) is 0 Å². The van der Waals surface area contributed by atoms with Gasteiger partial charge >= 0.3 is 5.97 Å². The van der Waals surface area contributed by atoms with Crippen LogP contribution in [0, 0.1) is 0 Å². The van der Waals surface area contributed by atoms with Gasteiger partial charge < -0.3 is 9.15 Å². The Balaban J connectivity index is 2.33. The quantitative estimate of drug-likeness (QED) is 0.719. The molecule has 0 aliphatic heterocycles. The van der Waals surface area contributed by atoms with Gasteiger partial charge in [-0.25, -0.2) is 4.79 Å². The fraction of sp³-hybridized carbons (Fsp3) is 0.308. The highest BCUT2D eigenvalue weighted by molar-refractivity contribution is 6.31. The van der Waals surface area contributed by atoms with Gasteiger partial charge in [-0.05, 0) is 45.0 Å². The van der Waals surface area contributed by atoms with Crippen LogP contribution in [0.4, 0.5) is 0 Å². The molecule has 90 valence electrons. The molecule has 3 nitrogen and oxygen atoms in total. The minimum absolute atomic E-state index is 0.192. The number of carbonyl (C=O) groups excluding carboxylic acids is 1. The van der Waals surface area contributed by atoms with Crippen molar-refractivity contribution in [1.82, 2.24) is 0 Å². The monoisotopic (exact) mass is 252 g/mol. The maximum absolute atomic E-state index is 11.8. The molecule has 0 saturated carbocycles. The Morgan fingerprint density at radius 1 is 1.29 bits per heavy atom. The zero-order valence-electron chi connectivity index (χ0n) is 9.91. The third-order valence-corrected chi connectivity index (χ3v) is 2.31. The lowest BCUT2D eigenvalue weighted by Gasteiger charge is -2.18. The van der Waals surface area contributed by atoms with E-state index in [0.717, 1.165) is 5.39 Å². The highest BCUT2D eigenvalue weighted by Gasteiger charge is 2.21. The van der Waals surface area contributed by atoms with Crippen molar-refractivity contribution in [1.29, 1.82) is 0 Å². The third kappa shape index (κ3) is 2.80. The van der Waals surface area contributed by atoms with Crippen LogP contribution in [0.1, 0.15) is 31.3 Å². The summed E-state index contributed by atoms with van der Waals surface area (Å²) in [6.45, 7) is 5.43. The molecule has 0 atom stereocenters. The number of hydrogen-bond acceptors (Lipinski definition) is 3. The Morgan fingerprint density at radius 3 is 2.65 bits per heavy atom. The third-order valence-electron chi connectivity index (χ3n) is 2.08. The number of fused-ring (bicyclic) bond motifs is 1. The fourth-order valence-corrected chi connectivity index (χ4v) is 1.62. The standard InChI is InChI=1S/C13H13ClO3/c1-13(2,3)17-12(15)11-7-8-6-9(14)4-5-10(8)16-11/h4-7H,1-3H3. The van der Waals surface area contributed by atoms with Crippen molar-refractivity contribution >= 4 is 28.5 Å². The number of furan rings is 1. The number of rotatable bonds is 1. The van der Waals surface area contributed by atoms with E-state index in [1.807, 2.05) is 20.8 Å². The summed E-state index contributed by atoms with van der Waals surface area (Å²) in [5.74, 6) is -0.276. The van der Waals surface area contributed by atoms with Crippen LogP contribution in [-0.4, -0.2) is 11.6 Å². The molecule has 0 bridgehead atoms. The van der Waals surface area contributed by atoms with E-state index < -0.39 is 11.6 Å². The van der Waals surface area contributed by atoms with Crippen molar-refractivity contribution in [3.8, 4) is 0 Å². The van der Waals surface area contributed by atoms with Crippen LogP contribution < -0.4 is 0 Å². The first-order chi connectivity index (χ1) is 7.85. The van der Waals surface area contributed by atoms with Crippen LogP contribution in [-0.2, 0) is 4.74 Å². The van der Waals surface area contributed by atoms with Crippen LogP contribution >= 0.6 is 11.6 Å². The highest BCUT2D eigenvalue weighted by Crippen LogP contribution is 2.24. The molecule has 1 aromatic heterocycles. The molecular weight excluding hydrogens is 240 g/mol. The van der Waals surface area contributed by atoms with Gasteiger partial charge in [0.25, 0.3) is 0 Å². The van der Waals surface area contributed by atoms with Crippen molar-refractivity contribution in [2.45, 2.75) is 26.4 Å². The molecule has 0 amide bonds. The second-order valence-electron chi connectivity index (χ2n) is 4.79. The minimum Gasteiger partial charge on any atom is -0.454 e. The van der Waals surface area contributed by atoms with Gasteiger partial charge in [-0.1, -0.05) is 11.6 Å². The summed E-state index contributed by atoms with van der Waals surface area (Å²) in [5, 5.41) is 1.40. The van der Waals surface area contributed by atoms with E-state index >= 15 is 0 Å². The first-order valence-corrected chi connectivity index (χ1v) is 5.65. The average Bonchev–Trinajstić information content (AvgIpc) is 2.57. The van der Waals surface area contributed by atoms with Crippen molar-refractivity contribution in [3.63, 3.8) is 0 Å². The summed E-state index contributed by atoms with van der Waals surface area (Å²) in [4.78, 5) is 11.8. The SMILES string of the molecule is CC(C)(C)OC(=O)c1cc2cc(Cl)ccc2o1. The molecule has 4 heteroatoms. The van der Waals surface area contributed by atoms with Crippen molar-refractivity contribution in [3.05, 3.63) is 35.0 Å². The van der Waals surface area contributed by atoms with Gasteiger partial charge in [0.1, 0.15) is 11.2 Å². The van der Waals surface area contributed by atoms with Gasteiger partial charge in [0.05, 0.1) is 0 Å². The van der Waals surface area contributed by atoms with Crippen LogP contribution in [0.15, 0.2) is 28.7 Å². The zero-order valence-corrected chi connectivity index (χ0v) is 10.7. The van der Waals surface area contributed by atoms with E-state index in [9.17, 15) is 4.79 Å². The number of esters is 1. The predicted molar refractivity (Wildman–Crippen MR) is 66.4 cm³/mol. The van der Waals surface area contributed by atoms with E-state index in [-0.39, 0.29) is 5.76 Å². The van der Waals surface area contributed by atoms with E-state index in [2.05, 4.69) is 0 Å². The predicted octanol–water partition coefficient (Wildman–Crippen LogP) is 4.04. The summed E-state index contributed by atoms with van der Waals surface area (Å²) in [5.41, 5.74) is 0.0866. The lowest BCUT2D eigenvalue weighted by molar-refractivity contribution is 0.00382. The maximum Gasteiger partial charge on any atom is 0.374 e. The van der Waals surface area contributed by atoms with Gasteiger partial charge in [0, 0.05) is 10.4 Å². The first-order valence-electron chi connectivity index (χ1n) is 5.27. The largest absolute Gasteiger partial charge is 0.454 e. The second kappa shape index (κ2) is 4.08. The minimum atomic E-state index is -0.534. The molecule has 0 unspecified atom stereocenters. The topological polar surface area (TPSA) is 39.4 Å². The summed E-state index contributed by atoms with van der Waals surface area (Å²) in [7, 11) is 0. The average molecular weight is 253 g/mol.